The van der Waals surface area contributed by atoms with Crippen molar-refractivity contribution >= 4 is 11.7 Å². The van der Waals surface area contributed by atoms with Crippen LogP contribution in [-0.2, 0) is 13.0 Å². The number of ether oxygens (including phenoxy) is 2. The number of nitrogens with zero attached hydrogens (tertiary/aromatic N) is 2. The highest BCUT2D eigenvalue weighted by Crippen LogP contribution is 2.33. The second kappa shape index (κ2) is 14.7. The van der Waals surface area contributed by atoms with Gasteiger partial charge >= 0.3 is 0 Å². The van der Waals surface area contributed by atoms with Crippen LogP contribution >= 0.6 is 0 Å². The van der Waals surface area contributed by atoms with Gasteiger partial charge in [0.25, 0.3) is 5.91 Å². The number of piperidine rings is 1. The Kier molecular flexibility index (Phi) is 10.5. The molecule has 228 valence electrons. The normalized spacial score (nSPS) is 15.2. The first-order chi connectivity index (χ1) is 20.9. The highest BCUT2D eigenvalue weighted by molar-refractivity contribution is 6.09. The maximum Gasteiger partial charge on any atom is 0.254 e. The van der Waals surface area contributed by atoms with Gasteiger partial charge in [-0.15, -0.1) is 0 Å². The molecule has 0 atom stereocenters. The molecule has 3 aromatic rings. The van der Waals surface area contributed by atoms with E-state index in [0.29, 0.717) is 35.1 Å². The van der Waals surface area contributed by atoms with E-state index in [1.165, 1.54) is 31.2 Å². The summed E-state index contributed by atoms with van der Waals surface area (Å²) in [4.78, 5) is 32.1. The van der Waals surface area contributed by atoms with E-state index in [4.69, 9.17) is 9.47 Å². The Hall–Kier alpha value is -3.64. The summed E-state index contributed by atoms with van der Waals surface area (Å²) < 4.78 is 10.9. The Morgan fingerprint density at radius 2 is 1.58 bits per heavy atom. The summed E-state index contributed by atoms with van der Waals surface area (Å²) in [6.07, 6.45) is 7.75. The van der Waals surface area contributed by atoms with Gasteiger partial charge < -0.3 is 19.3 Å². The van der Waals surface area contributed by atoms with Gasteiger partial charge in [-0.2, -0.15) is 0 Å². The van der Waals surface area contributed by atoms with E-state index in [-0.39, 0.29) is 24.5 Å². The van der Waals surface area contributed by atoms with Crippen molar-refractivity contribution in [2.75, 3.05) is 26.4 Å². The molecular weight excluding hydrogens is 536 g/mol. The van der Waals surface area contributed by atoms with Gasteiger partial charge in [0.05, 0.1) is 0 Å². The van der Waals surface area contributed by atoms with Gasteiger partial charge in [0.1, 0.15) is 0 Å². The van der Waals surface area contributed by atoms with Crippen LogP contribution < -0.4 is 9.47 Å². The Morgan fingerprint density at radius 3 is 2.33 bits per heavy atom. The molecule has 2 heterocycles. The second-order valence-corrected chi connectivity index (χ2v) is 12.4. The van der Waals surface area contributed by atoms with Crippen LogP contribution in [0.1, 0.15) is 96.7 Å². The molecule has 1 amide bonds. The minimum Gasteiger partial charge on any atom is -0.454 e. The van der Waals surface area contributed by atoms with E-state index in [1.807, 2.05) is 36.4 Å². The number of benzene rings is 3. The number of carbonyl (C=O) groups is 2. The number of likely N-dealkylation sites (tertiary alicyclic amines) is 1. The minimum atomic E-state index is -0.0739. The molecule has 0 aromatic heterocycles. The van der Waals surface area contributed by atoms with Crippen LogP contribution in [-0.4, -0.2) is 54.0 Å². The number of aryl methyl sites for hydroxylation is 1. The van der Waals surface area contributed by atoms with Crippen LogP contribution in [0.25, 0.3) is 0 Å². The molecule has 5 rings (SSSR count). The first kappa shape index (κ1) is 30.8. The third-order valence-electron chi connectivity index (χ3n) is 8.73. The Morgan fingerprint density at radius 1 is 0.860 bits per heavy atom. The number of ketones is 1. The van der Waals surface area contributed by atoms with E-state index >= 15 is 0 Å². The van der Waals surface area contributed by atoms with E-state index in [2.05, 4.69) is 42.7 Å². The van der Waals surface area contributed by atoms with Crippen molar-refractivity contribution < 1.29 is 19.1 Å². The van der Waals surface area contributed by atoms with Crippen molar-refractivity contribution in [3.05, 3.63) is 94.5 Å². The molecule has 0 unspecified atom stereocenters. The molecule has 2 aliphatic heterocycles. The van der Waals surface area contributed by atoms with Crippen molar-refractivity contribution in [2.45, 2.75) is 78.3 Å². The van der Waals surface area contributed by atoms with Crippen molar-refractivity contribution in [1.82, 2.24) is 9.80 Å². The summed E-state index contributed by atoms with van der Waals surface area (Å²) >= 11 is 0. The minimum absolute atomic E-state index is 0.0632. The zero-order valence-corrected chi connectivity index (χ0v) is 26.0. The van der Waals surface area contributed by atoms with Crippen LogP contribution in [0.5, 0.6) is 11.5 Å². The lowest BCUT2D eigenvalue weighted by Crippen LogP contribution is -2.47. The van der Waals surface area contributed by atoms with E-state index in [1.54, 1.807) is 18.2 Å². The molecule has 3 aromatic carbocycles. The van der Waals surface area contributed by atoms with Crippen molar-refractivity contribution in [2.24, 2.45) is 5.92 Å². The maximum atomic E-state index is 14.1. The Balaban J connectivity index is 1.33. The number of unbranched alkanes of at least 4 members (excludes halogenated alkanes) is 2. The fourth-order valence-corrected chi connectivity index (χ4v) is 6.03. The standard InChI is InChI=1S/C37H46N2O4/c1-4-5-6-8-28-11-13-30(14-12-28)37(41)39(33-18-21-38(22-19-33)20-17-27(2)3)25-29-9-7-10-31(23-29)36(40)32-15-16-34-35(24-32)43-26-42-34/h7,9-16,23-24,27,33H,4-6,8,17-22,25-26H2,1-3H3. The van der Waals surface area contributed by atoms with E-state index < -0.39 is 0 Å². The molecule has 0 radical (unpaired) electrons. The molecule has 1 saturated heterocycles. The summed E-state index contributed by atoms with van der Waals surface area (Å²) in [5.74, 6) is 1.93. The molecule has 0 spiro atoms. The van der Waals surface area contributed by atoms with E-state index in [9.17, 15) is 9.59 Å². The summed E-state index contributed by atoms with van der Waals surface area (Å²) in [6.45, 7) is 10.5. The molecule has 0 bridgehead atoms. The molecule has 6 heteroatoms. The zero-order chi connectivity index (χ0) is 30.2. The summed E-state index contributed by atoms with van der Waals surface area (Å²) in [6, 6.07) is 21.4. The SMILES string of the molecule is CCCCCc1ccc(C(=O)N(Cc2cccc(C(=O)c3ccc4c(c3)OCO4)c2)C2CCN(CCC(C)C)CC2)cc1. The molecule has 2 aliphatic rings. The smallest absolute Gasteiger partial charge is 0.254 e. The van der Waals surface area contributed by atoms with E-state index in [0.717, 1.165) is 50.0 Å². The van der Waals surface area contributed by atoms with Crippen LogP contribution in [0.2, 0.25) is 0 Å². The van der Waals surface area contributed by atoms with Gasteiger partial charge in [0.2, 0.25) is 6.79 Å². The fraction of sp³-hybridized carbons (Fsp3) is 0.459. The van der Waals surface area contributed by atoms with Crippen LogP contribution in [0, 0.1) is 5.92 Å². The van der Waals surface area contributed by atoms with Crippen LogP contribution in [0.15, 0.2) is 66.7 Å². The lowest BCUT2D eigenvalue weighted by Gasteiger charge is -2.39. The van der Waals surface area contributed by atoms with Gasteiger partial charge in [-0.25, -0.2) is 0 Å². The molecule has 43 heavy (non-hydrogen) atoms. The molecular formula is C37H46N2O4. The highest BCUT2D eigenvalue weighted by atomic mass is 16.7. The highest BCUT2D eigenvalue weighted by Gasteiger charge is 2.29. The topological polar surface area (TPSA) is 59.1 Å². The predicted octanol–water partition coefficient (Wildman–Crippen LogP) is 7.53. The van der Waals surface area contributed by atoms with Gasteiger partial charge in [0.15, 0.2) is 17.3 Å². The van der Waals surface area contributed by atoms with Gasteiger partial charge in [-0.3, -0.25) is 9.59 Å². The molecule has 6 nitrogen and oxygen atoms in total. The first-order valence-corrected chi connectivity index (χ1v) is 16.1. The van der Waals surface area contributed by atoms with Crippen molar-refractivity contribution in [3.8, 4) is 11.5 Å². The van der Waals surface area contributed by atoms with Gasteiger partial charge in [-0.1, -0.05) is 63.9 Å². The molecule has 0 saturated carbocycles. The number of fused-ring (bicyclic) bond motifs is 1. The fourth-order valence-electron chi connectivity index (χ4n) is 6.03. The average molecular weight is 583 g/mol. The maximum absolute atomic E-state index is 14.1. The largest absolute Gasteiger partial charge is 0.454 e. The number of rotatable bonds is 13. The van der Waals surface area contributed by atoms with Crippen LogP contribution in [0.4, 0.5) is 0 Å². The monoisotopic (exact) mass is 582 g/mol. The number of hydrogen-bond donors (Lipinski definition) is 0. The van der Waals surface area contributed by atoms with Gasteiger partial charge in [-0.05, 0) is 92.1 Å². The number of hydrogen-bond acceptors (Lipinski definition) is 5. The lowest BCUT2D eigenvalue weighted by atomic mass is 9.98. The van der Waals surface area contributed by atoms with Crippen molar-refractivity contribution in [3.63, 3.8) is 0 Å². The lowest BCUT2D eigenvalue weighted by molar-refractivity contribution is 0.0546. The summed E-state index contributed by atoms with van der Waals surface area (Å²) in [5, 5.41) is 0. The summed E-state index contributed by atoms with van der Waals surface area (Å²) in [5.41, 5.74) is 4.13. The zero-order valence-electron chi connectivity index (χ0n) is 26.0. The Labute approximate surface area is 257 Å². The average Bonchev–Trinajstić information content (AvgIpc) is 3.51. The summed E-state index contributed by atoms with van der Waals surface area (Å²) in [7, 11) is 0. The second-order valence-electron chi connectivity index (χ2n) is 12.4. The quantitative estimate of drug-likeness (QED) is 0.154. The predicted molar refractivity (Wildman–Crippen MR) is 171 cm³/mol. The van der Waals surface area contributed by atoms with Crippen molar-refractivity contribution in [1.29, 1.82) is 0 Å². The first-order valence-electron chi connectivity index (χ1n) is 16.1. The third kappa shape index (κ3) is 8.05. The Bertz CT molecular complexity index is 1380. The molecule has 1 fully saturated rings. The van der Waals surface area contributed by atoms with Crippen LogP contribution in [0.3, 0.4) is 0 Å². The number of amides is 1. The third-order valence-corrected chi connectivity index (χ3v) is 8.73. The molecule has 0 aliphatic carbocycles. The molecule has 0 N–H and O–H groups in total. The number of carbonyl (C=O) groups excluding carboxylic acids is 2. The van der Waals surface area contributed by atoms with Gasteiger partial charge in [0, 0.05) is 42.4 Å².